The topological polar surface area (TPSA) is 75.6 Å². The first-order chi connectivity index (χ1) is 8.08. The van der Waals surface area contributed by atoms with Crippen molar-refractivity contribution in [3.8, 4) is 5.75 Å². The van der Waals surface area contributed by atoms with Crippen molar-refractivity contribution in [1.82, 2.24) is 0 Å². The summed E-state index contributed by atoms with van der Waals surface area (Å²) in [5.74, 6) is -0.990. The number of methoxy groups -OCH3 is 1. The molecule has 0 saturated carbocycles. The van der Waals surface area contributed by atoms with Gasteiger partial charge in [0.15, 0.2) is 0 Å². The van der Waals surface area contributed by atoms with Gasteiger partial charge in [0.25, 0.3) is 0 Å². The van der Waals surface area contributed by atoms with Crippen LogP contribution in [0.15, 0.2) is 30.4 Å². The lowest BCUT2D eigenvalue weighted by Gasteiger charge is -2.09. The van der Waals surface area contributed by atoms with E-state index < -0.39 is 5.97 Å². The third-order valence-corrected chi connectivity index (χ3v) is 2.02. The van der Waals surface area contributed by atoms with E-state index >= 15 is 0 Å². The summed E-state index contributed by atoms with van der Waals surface area (Å²) >= 11 is 0. The zero-order valence-corrected chi connectivity index (χ0v) is 9.56. The molecule has 0 spiro atoms. The standard InChI is InChI=1S/C12H13NO4/c1-3-4-11(14)13-9-7-8(12(15)16)5-6-10(9)17-2/h3-7H,1-2H3,(H,13,14)(H,15,16)/b4-3+. The Hall–Kier alpha value is -2.30. The molecule has 5 heteroatoms. The van der Waals surface area contributed by atoms with Gasteiger partial charge in [-0.15, -0.1) is 0 Å². The number of hydrogen-bond acceptors (Lipinski definition) is 3. The van der Waals surface area contributed by atoms with Gasteiger partial charge < -0.3 is 15.2 Å². The molecule has 1 rings (SSSR count). The highest BCUT2D eigenvalue weighted by Crippen LogP contribution is 2.25. The van der Waals surface area contributed by atoms with Gasteiger partial charge in [-0.05, 0) is 31.2 Å². The second-order valence-electron chi connectivity index (χ2n) is 3.21. The van der Waals surface area contributed by atoms with Crippen LogP contribution in [-0.2, 0) is 4.79 Å². The molecule has 0 bridgehead atoms. The first-order valence-electron chi connectivity index (χ1n) is 4.93. The zero-order chi connectivity index (χ0) is 12.8. The molecule has 17 heavy (non-hydrogen) atoms. The number of carbonyl (C=O) groups is 2. The first-order valence-corrected chi connectivity index (χ1v) is 4.93. The summed E-state index contributed by atoms with van der Waals surface area (Å²) < 4.78 is 5.03. The molecule has 1 aromatic carbocycles. The van der Waals surface area contributed by atoms with E-state index in [4.69, 9.17) is 9.84 Å². The van der Waals surface area contributed by atoms with Gasteiger partial charge in [-0.2, -0.15) is 0 Å². The zero-order valence-electron chi connectivity index (χ0n) is 9.56. The maximum atomic E-state index is 11.4. The van der Waals surface area contributed by atoms with Crippen LogP contribution in [0.4, 0.5) is 5.69 Å². The van der Waals surface area contributed by atoms with E-state index in [-0.39, 0.29) is 11.5 Å². The number of ether oxygens (including phenoxy) is 1. The Morgan fingerprint density at radius 2 is 2.12 bits per heavy atom. The molecule has 0 aliphatic carbocycles. The van der Waals surface area contributed by atoms with Crippen LogP contribution in [0.1, 0.15) is 17.3 Å². The monoisotopic (exact) mass is 235 g/mol. The number of hydrogen-bond donors (Lipinski definition) is 2. The van der Waals surface area contributed by atoms with Crippen LogP contribution < -0.4 is 10.1 Å². The van der Waals surface area contributed by atoms with Crippen molar-refractivity contribution in [3.63, 3.8) is 0 Å². The maximum Gasteiger partial charge on any atom is 0.335 e. The van der Waals surface area contributed by atoms with E-state index in [1.54, 1.807) is 13.0 Å². The van der Waals surface area contributed by atoms with Crippen LogP contribution in [0.2, 0.25) is 0 Å². The molecule has 0 atom stereocenters. The van der Waals surface area contributed by atoms with Gasteiger partial charge in [-0.3, -0.25) is 4.79 Å². The summed E-state index contributed by atoms with van der Waals surface area (Å²) in [6, 6.07) is 4.25. The second-order valence-corrected chi connectivity index (χ2v) is 3.21. The second kappa shape index (κ2) is 5.69. The number of carboxylic acids is 1. The van der Waals surface area contributed by atoms with E-state index in [1.807, 2.05) is 0 Å². The average Bonchev–Trinajstić information content (AvgIpc) is 2.29. The average molecular weight is 235 g/mol. The summed E-state index contributed by atoms with van der Waals surface area (Å²) in [5.41, 5.74) is 0.414. The fourth-order valence-electron chi connectivity index (χ4n) is 1.26. The number of carbonyl (C=O) groups excluding carboxylic acids is 1. The minimum absolute atomic E-state index is 0.0848. The Morgan fingerprint density at radius 1 is 1.41 bits per heavy atom. The predicted octanol–water partition coefficient (Wildman–Crippen LogP) is 1.91. The largest absolute Gasteiger partial charge is 0.495 e. The van der Waals surface area contributed by atoms with Crippen LogP contribution in [0.3, 0.4) is 0 Å². The Morgan fingerprint density at radius 3 is 2.65 bits per heavy atom. The molecule has 0 saturated heterocycles. The van der Waals surface area contributed by atoms with Crippen LogP contribution >= 0.6 is 0 Å². The molecule has 0 aliphatic rings. The molecule has 0 unspecified atom stereocenters. The van der Waals surface area contributed by atoms with Crippen molar-refractivity contribution in [2.75, 3.05) is 12.4 Å². The normalized spacial score (nSPS) is 10.2. The van der Waals surface area contributed by atoms with Crippen LogP contribution in [0.5, 0.6) is 5.75 Å². The minimum Gasteiger partial charge on any atom is -0.495 e. The number of anilines is 1. The highest BCUT2D eigenvalue weighted by molar-refractivity contribution is 6.01. The summed E-state index contributed by atoms with van der Waals surface area (Å²) in [6.45, 7) is 1.71. The Kier molecular flexibility index (Phi) is 4.28. The lowest BCUT2D eigenvalue weighted by Crippen LogP contribution is -2.10. The Balaban J connectivity index is 3.05. The summed E-state index contributed by atoms with van der Waals surface area (Å²) in [5, 5.41) is 11.4. The lowest BCUT2D eigenvalue weighted by atomic mass is 10.2. The van der Waals surface area contributed by atoms with Crippen molar-refractivity contribution >= 4 is 17.6 Å². The number of carboxylic acid groups (broad SMARTS) is 1. The van der Waals surface area contributed by atoms with Crippen LogP contribution in [-0.4, -0.2) is 24.1 Å². The van der Waals surface area contributed by atoms with Crippen molar-refractivity contribution in [2.24, 2.45) is 0 Å². The molecule has 0 radical (unpaired) electrons. The van der Waals surface area contributed by atoms with Crippen molar-refractivity contribution in [3.05, 3.63) is 35.9 Å². The fraction of sp³-hybridized carbons (Fsp3) is 0.167. The van der Waals surface area contributed by atoms with E-state index in [1.165, 1.54) is 31.4 Å². The van der Waals surface area contributed by atoms with Gasteiger partial charge in [0, 0.05) is 0 Å². The van der Waals surface area contributed by atoms with E-state index in [0.29, 0.717) is 11.4 Å². The number of benzene rings is 1. The van der Waals surface area contributed by atoms with E-state index in [0.717, 1.165) is 0 Å². The van der Waals surface area contributed by atoms with Crippen molar-refractivity contribution < 1.29 is 19.4 Å². The molecule has 90 valence electrons. The molecule has 1 aromatic rings. The third-order valence-electron chi connectivity index (χ3n) is 2.02. The highest BCUT2D eigenvalue weighted by Gasteiger charge is 2.10. The third kappa shape index (κ3) is 3.34. The molecule has 0 fully saturated rings. The minimum atomic E-state index is -1.06. The number of nitrogens with one attached hydrogen (secondary N) is 1. The van der Waals surface area contributed by atoms with E-state index in [9.17, 15) is 9.59 Å². The maximum absolute atomic E-state index is 11.4. The SMILES string of the molecule is C/C=C/C(=O)Nc1cc(C(=O)O)ccc1OC. The first kappa shape index (κ1) is 12.8. The quantitative estimate of drug-likeness (QED) is 0.781. The molecule has 5 nitrogen and oxygen atoms in total. The fourth-order valence-corrected chi connectivity index (χ4v) is 1.26. The summed E-state index contributed by atoms with van der Waals surface area (Å²) in [7, 11) is 1.45. The molecule has 0 aliphatic heterocycles. The van der Waals surface area contributed by atoms with Crippen LogP contribution in [0, 0.1) is 0 Å². The van der Waals surface area contributed by atoms with Crippen LogP contribution in [0.25, 0.3) is 0 Å². The Labute approximate surface area is 98.7 Å². The number of amides is 1. The lowest BCUT2D eigenvalue weighted by molar-refractivity contribution is -0.111. The summed E-state index contributed by atoms with van der Waals surface area (Å²) in [4.78, 5) is 22.2. The smallest absolute Gasteiger partial charge is 0.335 e. The number of allylic oxidation sites excluding steroid dienone is 1. The van der Waals surface area contributed by atoms with Gasteiger partial charge in [-0.1, -0.05) is 6.08 Å². The molecular formula is C12H13NO4. The van der Waals surface area contributed by atoms with Gasteiger partial charge >= 0.3 is 5.97 Å². The van der Waals surface area contributed by atoms with E-state index in [2.05, 4.69) is 5.32 Å². The van der Waals surface area contributed by atoms with Gasteiger partial charge in [0.2, 0.25) is 5.91 Å². The molecular weight excluding hydrogens is 222 g/mol. The van der Waals surface area contributed by atoms with Gasteiger partial charge in [-0.25, -0.2) is 4.79 Å². The van der Waals surface area contributed by atoms with Gasteiger partial charge in [0.1, 0.15) is 5.75 Å². The molecule has 0 heterocycles. The number of rotatable bonds is 4. The van der Waals surface area contributed by atoms with Crippen molar-refractivity contribution in [2.45, 2.75) is 6.92 Å². The van der Waals surface area contributed by atoms with Gasteiger partial charge in [0.05, 0.1) is 18.4 Å². The number of aromatic carboxylic acids is 1. The molecule has 1 amide bonds. The summed E-state index contributed by atoms with van der Waals surface area (Å²) in [6.07, 6.45) is 2.93. The predicted molar refractivity (Wildman–Crippen MR) is 63.4 cm³/mol. The highest BCUT2D eigenvalue weighted by atomic mass is 16.5. The Bertz CT molecular complexity index is 466. The molecule has 0 aromatic heterocycles. The van der Waals surface area contributed by atoms with Crippen molar-refractivity contribution in [1.29, 1.82) is 0 Å². The molecule has 2 N–H and O–H groups in total.